The summed E-state index contributed by atoms with van der Waals surface area (Å²) >= 11 is 0. The Bertz CT molecular complexity index is 355. The Morgan fingerprint density at radius 3 is 2.76 bits per heavy atom. The molecule has 0 saturated heterocycles. The number of aliphatic hydroxyl groups is 1. The molecule has 3 N–H and O–H groups in total. The first-order chi connectivity index (χ1) is 8.10. The Morgan fingerprint density at radius 2 is 2.18 bits per heavy atom. The van der Waals surface area contributed by atoms with Gasteiger partial charge in [-0.1, -0.05) is 6.92 Å². The second-order valence-electron chi connectivity index (χ2n) is 4.21. The molecule has 4 heteroatoms. The third-order valence-corrected chi connectivity index (χ3v) is 2.79. The molecule has 1 rings (SSSR count). The zero-order valence-electron chi connectivity index (χ0n) is 10.8. The van der Waals surface area contributed by atoms with Crippen LogP contribution in [0.5, 0.6) is 5.75 Å². The molecular formula is C13H22N2O2. The second kappa shape index (κ2) is 6.35. The smallest absolute Gasteiger partial charge is 0.144 e. The molecule has 0 heterocycles. The van der Waals surface area contributed by atoms with E-state index in [1.54, 1.807) is 0 Å². The number of hydrogen-bond acceptors (Lipinski definition) is 4. The van der Waals surface area contributed by atoms with Crippen LogP contribution in [-0.4, -0.2) is 31.4 Å². The SMILES string of the molecule is CCCOc1cc(N(C)C(C)CO)ccc1N. The van der Waals surface area contributed by atoms with Crippen molar-refractivity contribution in [3.63, 3.8) is 0 Å². The van der Waals surface area contributed by atoms with Crippen LogP contribution < -0.4 is 15.4 Å². The van der Waals surface area contributed by atoms with Crippen molar-refractivity contribution in [2.45, 2.75) is 26.3 Å². The van der Waals surface area contributed by atoms with Crippen LogP contribution in [0.2, 0.25) is 0 Å². The Labute approximate surface area is 103 Å². The summed E-state index contributed by atoms with van der Waals surface area (Å²) in [5.74, 6) is 0.710. The summed E-state index contributed by atoms with van der Waals surface area (Å²) < 4.78 is 5.58. The molecule has 1 aromatic rings. The molecule has 0 aliphatic rings. The maximum atomic E-state index is 9.13. The number of benzene rings is 1. The van der Waals surface area contributed by atoms with Gasteiger partial charge < -0.3 is 20.5 Å². The predicted molar refractivity (Wildman–Crippen MR) is 71.6 cm³/mol. The number of nitrogens with two attached hydrogens (primary N) is 1. The molecule has 0 aliphatic heterocycles. The fourth-order valence-corrected chi connectivity index (χ4v) is 1.46. The molecule has 1 unspecified atom stereocenters. The van der Waals surface area contributed by atoms with Crippen LogP contribution in [0.1, 0.15) is 20.3 Å². The predicted octanol–water partition coefficient (Wildman–Crippen LogP) is 1.87. The topological polar surface area (TPSA) is 58.7 Å². The molecule has 0 spiro atoms. The normalized spacial score (nSPS) is 12.2. The van der Waals surface area contributed by atoms with E-state index in [1.165, 1.54) is 0 Å². The minimum Gasteiger partial charge on any atom is -0.491 e. The van der Waals surface area contributed by atoms with Crippen molar-refractivity contribution in [3.05, 3.63) is 18.2 Å². The average molecular weight is 238 g/mol. The van der Waals surface area contributed by atoms with Crippen LogP contribution in [0.25, 0.3) is 0 Å². The van der Waals surface area contributed by atoms with Crippen LogP contribution >= 0.6 is 0 Å². The summed E-state index contributed by atoms with van der Waals surface area (Å²) in [4.78, 5) is 2.00. The fourth-order valence-electron chi connectivity index (χ4n) is 1.46. The van der Waals surface area contributed by atoms with E-state index < -0.39 is 0 Å². The Morgan fingerprint density at radius 1 is 1.47 bits per heavy atom. The lowest BCUT2D eigenvalue weighted by molar-refractivity contribution is 0.270. The quantitative estimate of drug-likeness (QED) is 0.743. The van der Waals surface area contributed by atoms with Crippen LogP contribution in [-0.2, 0) is 0 Å². The van der Waals surface area contributed by atoms with Crippen molar-refractivity contribution >= 4 is 11.4 Å². The maximum absolute atomic E-state index is 9.13. The lowest BCUT2D eigenvalue weighted by Gasteiger charge is -2.26. The first-order valence-electron chi connectivity index (χ1n) is 5.96. The number of aliphatic hydroxyl groups excluding tert-OH is 1. The average Bonchev–Trinajstić information content (AvgIpc) is 2.36. The Kier molecular flexibility index (Phi) is 5.10. The zero-order chi connectivity index (χ0) is 12.8. The molecule has 4 nitrogen and oxygen atoms in total. The zero-order valence-corrected chi connectivity index (χ0v) is 10.8. The van der Waals surface area contributed by atoms with E-state index in [4.69, 9.17) is 15.6 Å². The Hall–Kier alpha value is -1.42. The molecule has 0 saturated carbocycles. The molecular weight excluding hydrogens is 216 g/mol. The number of nitrogen functional groups attached to an aromatic ring is 1. The molecule has 0 aromatic heterocycles. The molecule has 0 bridgehead atoms. The van der Waals surface area contributed by atoms with Crippen molar-refractivity contribution in [2.24, 2.45) is 0 Å². The lowest BCUT2D eigenvalue weighted by Crippen LogP contribution is -2.31. The van der Waals surface area contributed by atoms with Gasteiger partial charge in [0.05, 0.1) is 18.9 Å². The minimum atomic E-state index is 0.0673. The molecule has 0 radical (unpaired) electrons. The third kappa shape index (κ3) is 3.53. The van der Waals surface area contributed by atoms with Gasteiger partial charge in [0.25, 0.3) is 0 Å². The highest BCUT2D eigenvalue weighted by Gasteiger charge is 2.10. The van der Waals surface area contributed by atoms with E-state index >= 15 is 0 Å². The molecule has 0 amide bonds. The van der Waals surface area contributed by atoms with Gasteiger partial charge in [0, 0.05) is 24.8 Å². The second-order valence-corrected chi connectivity index (χ2v) is 4.21. The number of hydrogen-bond donors (Lipinski definition) is 2. The first-order valence-corrected chi connectivity index (χ1v) is 5.96. The van der Waals surface area contributed by atoms with Gasteiger partial charge in [0.1, 0.15) is 5.75 Å². The summed E-state index contributed by atoms with van der Waals surface area (Å²) in [5, 5.41) is 9.13. The van der Waals surface area contributed by atoms with Crippen molar-refractivity contribution < 1.29 is 9.84 Å². The van der Waals surface area contributed by atoms with Gasteiger partial charge >= 0.3 is 0 Å². The molecule has 17 heavy (non-hydrogen) atoms. The van der Waals surface area contributed by atoms with Crippen molar-refractivity contribution in [2.75, 3.05) is 30.9 Å². The van der Waals surface area contributed by atoms with Crippen molar-refractivity contribution in [3.8, 4) is 5.75 Å². The minimum absolute atomic E-state index is 0.0673. The van der Waals surface area contributed by atoms with E-state index in [-0.39, 0.29) is 12.6 Å². The van der Waals surface area contributed by atoms with E-state index in [1.807, 2.05) is 37.1 Å². The number of anilines is 2. The molecule has 1 aromatic carbocycles. The van der Waals surface area contributed by atoms with Crippen LogP contribution in [0.15, 0.2) is 18.2 Å². The highest BCUT2D eigenvalue weighted by molar-refractivity contribution is 5.62. The summed E-state index contributed by atoms with van der Waals surface area (Å²) in [6.07, 6.45) is 0.951. The summed E-state index contributed by atoms with van der Waals surface area (Å²) in [6.45, 7) is 4.79. The fraction of sp³-hybridized carbons (Fsp3) is 0.538. The molecule has 96 valence electrons. The molecule has 1 atom stereocenters. The summed E-state index contributed by atoms with van der Waals surface area (Å²) in [7, 11) is 1.94. The first kappa shape index (κ1) is 13.6. The highest BCUT2D eigenvalue weighted by atomic mass is 16.5. The summed E-state index contributed by atoms with van der Waals surface area (Å²) in [5.41, 5.74) is 7.48. The maximum Gasteiger partial charge on any atom is 0.144 e. The molecule has 0 aliphatic carbocycles. The van der Waals surface area contributed by atoms with Gasteiger partial charge in [-0.3, -0.25) is 0 Å². The van der Waals surface area contributed by atoms with Crippen LogP contribution in [0, 0.1) is 0 Å². The van der Waals surface area contributed by atoms with E-state index in [0.29, 0.717) is 18.0 Å². The number of rotatable bonds is 6. The van der Waals surface area contributed by atoms with E-state index in [0.717, 1.165) is 12.1 Å². The van der Waals surface area contributed by atoms with Crippen LogP contribution in [0.3, 0.4) is 0 Å². The van der Waals surface area contributed by atoms with E-state index in [2.05, 4.69) is 6.92 Å². The van der Waals surface area contributed by atoms with Gasteiger partial charge in [-0.15, -0.1) is 0 Å². The van der Waals surface area contributed by atoms with Crippen molar-refractivity contribution in [1.82, 2.24) is 0 Å². The number of nitrogens with zero attached hydrogens (tertiary/aromatic N) is 1. The highest BCUT2D eigenvalue weighted by Crippen LogP contribution is 2.28. The van der Waals surface area contributed by atoms with Gasteiger partial charge in [0.15, 0.2) is 0 Å². The number of ether oxygens (including phenoxy) is 1. The van der Waals surface area contributed by atoms with Crippen molar-refractivity contribution in [1.29, 1.82) is 0 Å². The Balaban J connectivity index is 2.87. The van der Waals surface area contributed by atoms with E-state index in [9.17, 15) is 0 Å². The number of likely N-dealkylation sites (N-methyl/N-ethyl adjacent to an activating group) is 1. The standard InChI is InChI=1S/C13H22N2O2/c1-4-7-17-13-8-11(5-6-12(13)14)15(3)10(2)9-16/h5-6,8,10,16H,4,7,9,14H2,1-3H3. The van der Waals surface area contributed by atoms with Crippen LogP contribution in [0.4, 0.5) is 11.4 Å². The van der Waals surface area contributed by atoms with Gasteiger partial charge in [-0.2, -0.15) is 0 Å². The molecule has 0 fully saturated rings. The largest absolute Gasteiger partial charge is 0.491 e. The third-order valence-electron chi connectivity index (χ3n) is 2.79. The lowest BCUT2D eigenvalue weighted by atomic mass is 10.2. The van der Waals surface area contributed by atoms with Gasteiger partial charge in [-0.25, -0.2) is 0 Å². The van der Waals surface area contributed by atoms with Gasteiger partial charge in [0.2, 0.25) is 0 Å². The monoisotopic (exact) mass is 238 g/mol. The van der Waals surface area contributed by atoms with Gasteiger partial charge in [-0.05, 0) is 25.5 Å². The summed E-state index contributed by atoms with van der Waals surface area (Å²) in [6, 6.07) is 5.75.